The van der Waals surface area contributed by atoms with Gasteiger partial charge in [0.05, 0.1) is 36.5 Å². The Kier molecular flexibility index (Phi) is 4.99. The maximum absolute atomic E-state index is 11.1. The highest BCUT2D eigenvalue weighted by Gasteiger charge is 2.34. The molecule has 2 aromatic rings. The number of aliphatic hydroxyl groups is 2. The number of hydrogen-bond acceptors (Lipinski definition) is 4. The van der Waals surface area contributed by atoms with Crippen molar-refractivity contribution in [2.24, 2.45) is 5.92 Å². The van der Waals surface area contributed by atoms with Crippen LogP contribution < -0.4 is 0 Å². The van der Waals surface area contributed by atoms with Crippen LogP contribution in [0.5, 0.6) is 0 Å². The summed E-state index contributed by atoms with van der Waals surface area (Å²) in [5.41, 5.74) is 3.74. The van der Waals surface area contributed by atoms with Gasteiger partial charge < -0.3 is 19.7 Å². The van der Waals surface area contributed by atoms with Gasteiger partial charge in [-0.2, -0.15) is 0 Å². The minimum atomic E-state index is -0.276. The Balaban J connectivity index is 1.21. The summed E-state index contributed by atoms with van der Waals surface area (Å²) in [6.07, 6.45) is 10.5. The highest BCUT2D eigenvalue weighted by Crippen LogP contribution is 2.42. The van der Waals surface area contributed by atoms with E-state index in [2.05, 4.69) is 38.7 Å². The van der Waals surface area contributed by atoms with Gasteiger partial charge in [-0.05, 0) is 69.5 Å². The Morgan fingerprint density at radius 2 is 1.79 bits per heavy atom. The van der Waals surface area contributed by atoms with Crippen LogP contribution in [-0.4, -0.2) is 56.0 Å². The molecule has 2 unspecified atom stereocenters. The van der Waals surface area contributed by atoms with Crippen molar-refractivity contribution in [2.45, 2.75) is 69.2 Å². The summed E-state index contributed by atoms with van der Waals surface area (Å²) >= 11 is 0. The van der Waals surface area contributed by atoms with Crippen LogP contribution in [0.15, 0.2) is 36.8 Å². The van der Waals surface area contributed by atoms with E-state index in [1.807, 2.05) is 12.5 Å². The zero-order chi connectivity index (χ0) is 19.1. The summed E-state index contributed by atoms with van der Waals surface area (Å²) in [4.78, 5) is 6.94. The van der Waals surface area contributed by atoms with Gasteiger partial charge in [0.2, 0.25) is 0 Å². The number of nitrogens with zero attached hydrogens (tertiary/aromatic N) is 3. The molecule has 1 aromatic carbocycles. The lowest BCUT2D eigenvalue weighted by atomic mass is 9.84. The molecule has 3 heterocycles. The molecule has 2 atom stereocenters. The van der Waals surface area contributed by atoms with Crippen LogP contribution in [-0.2, 0) is 0 Å². The minimum Gasteiger partial charge on any atom is -0.393 e. The maximum atomic E-state index is 11.1. The number of piperidine rings is 1. The van der Waals surface area contributed by atoms with Gasteiger partial charge in [-0.1, -0.05) is 24.3 Å². The highest BCUT2D eigenvalue weighted by atomic mass is 16.3. The molecular formula is C23H31N3O2. The van der Waals surface area contributed by atoms with Gasteiger partial charge in [0, 0.05) is 11.6 Å². The number of benzene rings is 1. The van der Waals surface area contributed by atoms with Crippen molar-refractivity contribution in [3.8, 4) is 11.3 Å². The van der Waals surface area contributed by atoms with Crippen LogP contribution >= 0.6 is 0 Å². The van der Waals surface area contributed by atoms with Gasteiger partial charge in [0.1, 0.15) is 0 Å². The molecular weight excluding hydrogens is 350 g/mol. The summed E-state index contributed by atoms with van der Waals surface area (Å²) in [7, 11) is 0. The summed E-state index contributed by atoms with van der Waals surface area (Å²) in [6.45, 7) is 2.17. The second-order valence-corrected chi connectivity index (χ2v) is 8.93. The molecule has 28 heavy (non-hydrogen) atoms. The molecule has 2 fully saturated rings. The van der Waals surface area contributed by atoms with Crippen molar-refractivity contribution in [2.75, 3.05) is 13.1 Å². The topological polar surface area (TPSA) is 61.5 Å². The van der Waals surface area contributed by atoms with Crippen LogP contribution in [0.1, 0.15) is 56.6 Å². The van der Waals surface area contributed by atoms with E-state index in [0.717, 1.165) is 58.0 Å². The Bertz CT molecular complexity index is 804. The minimum absolute atomic E-state index is 0.0852. The van der Waals surface area contributed by atoms with Crippen LogP contribution in [0.3, 0.4) is 0 Å². The maximum Gasteiger partial charge on any atom is 0.0956 e. The number of likely N-dealkylation sites (tertiary alicyclic amines) is 1. The average Bonchev–Trinajstić information content (AvgIpc) is 3.32. The van der Waals surface area contributed by atoms with E-state index in [9.17, 15) is 10.2 Å². The van der Waals surface area contributed by atoms with Crippen molar-refractivity contribution in [3.63, 3.8) is 0 Å². The van der Waals surface area contributed by atoms with Crippen LogP contribution in [0.2, 0.25) is 0 Å². The first kappa shape index (κ1) is 18.3. The monoisotopic (exact) mass is 381 g/mol. The lowest BCUT2D eigenvalue weighted by Gasteiger charge is -2.41. The van der Waals surface area contributed by atoms with Gasteiger partial charge in [-0.25, -0.2) is 4.98 Å². The van der Waals surface area contributed by atoms with Crippen molar-refractivity contribution < 1.29 is 10.2 Å². The second-order valence-electron chi connectivity index (χ2n) is 8.93. The number of hydrogen-bond donors (Lipinski definition) is 2. The molecule has 0 bridgehead atoms. The van der Waals surface area contributed by atoms with E-state index < -0.39 is 0 Å². The van der Waals surface area contributed by atoms with E-state index in [1.165, 1.54) is 16.8 Å². The molecule has 150 valence electrons. The molecule has 0 spiro atoms. The Labute approximate surface area is 167 Å². The third-order valence-electron chi connectivity index (χ3n) is 7.36. The zero-order valence-electron chi connectivity index (χ0n) is 16.5. The van der Waals surface area contributed by atoms with E-state index >= 15 is 0 Å². The number of aliphatic hydroxyl groups excluding tert-OH is 2. The molecule has 0 radical (unpaired) electrons. The fourth-order valence-corrected chi connectivity index (χ4v) is 5.69. The molecule has 5 rings (SSSR count). The van der Waals surface area contributed by atoms with E-state index in [0.29, 0.717) is 12.0 Å². The summed E-state index contributed by atoms with van der Waals surface area (Å²) in [5.74, 6) is 0.380. The Morgan fingerprint density at radius 3 is 2.57 bits per heavy atom. The van der Waals surface area contributed by atoms with Gasteiger partial charge in [0.15, 0.2) is 0 Å². The van der Waals surface area contributed by atoms with Gasteiger partial charge in [-0.15, -0.1) is 0 Å². The molecule has 5 heteroatoms. The number of fused-ring (bicyclic) bond motifs is 3. The highest BCUT2D eigenvalue weighted by molar-refractivity contribution is 5.68. The van der Waals surface area contributed by atoms with Crippen LogP contribution in [0, 0.1) is 5.92 Å². The molecule has 1 saturated heterocycles. The molecule has 3 aliphatic rings. The quantitative estimate of drug-likeness (QED) is 0.854. The molecule has 2 N–H and O–H groups in total. The third-order valence-corrected chi connectivity index (χ3v) is 7.36. The van der Waals surface area contributed by atoms with Crippen molar-refractivity contribution in [1.29, 1.82) is 0 Å². The third kappa shape index (κ3) is 3.30. The summed E-state index contributed by atoms with van der Waals surface area (Å²) in [5, 5.41) is 20.8. The average molecular weight is 382 g/mol. The predicted molar refractivity (Wildman–Crippen MR) is 109 cm³/mol. The van der Waals surface area contributed by atoms with Crippen LogP contribution in [0.4, 0.5) is 0 Å². The molecule has 1 aromatic heterocycles. The lowest BCUT2D eigenvalue weighted by Crippen LogP contribution is -2.45. The van der Waals surface area contributed by atoms with Gasteiger partial charge in [0.25, 0.3) is 0 Å². The fraction of sp³-hybridized carbons (Fsp3) is 0.609. The Morgan fingerprint density at radius 1 is 1.04 bits per heavy atom. The van der Waals surface area contributed by atoms with E-state index in [-0.39, 0.29) is 18.2 Å². The molecule has 0 amide bonds. The number of imidazole rings is 1. The predicted octanol–water partition coefficient (Wildman–Crippen LogP) is 3.22. The first-order chi connectivity index (χ1) is 13.7. The smallest absolute Gasteiger partial charge is 0.0956 e. The van der Waals surface area contributed by atoms with Gasteiger partial charge in [-0.3, -0.25) is 0 Å². The second kappa shape index (κ2) is 7.62. The molecule has 5 nitrogen and oxygen atoms in total. The van der Waals surface area contributed by atoms with Crippen molar-refractivity contribution in [1.82, 2.24) is 14.5 Å². The number of aromatic nitrogens is 2. The SMILES string of the molecule is OC1CCC(N2CCC(C(O)CC3c4ccccc4-c4cncn43)CC2)CC1. The normalized spacial score (nSPS) is 29.4. The van der Waals surface area contributed by atoms with Crippen molar-refractivity contribution in [3.05, 3.63) is 42.4 Å². The fourth-order valence-electron chi connectivity index (χ4n) is 5.69. The molecule has 1 saturated carbocycles. The molecule has 1 aliphatic carbocycles. The lowest BCUT2D eigenvalue weighted by molar-refractivity contribution is 0.0179. The zero-order valence-corrected chi connectivity index (χ0v) is 16.5. The van der Waals surface area contributed by atoms with E-state index in [4.69, 9.17) is 0 Å². The largest absolute Gasteiger partial charge is 0.393 e. The van der Waals surface area contributed by atoms with E-state index in [1.54, 1.807) is 0 Å². The Hall–Kier alpha value is -1.69. The number of rotatable bonds is 4. The van der Waals surface area contributed by atoms with Crippen LogP contribution in [0.25, 0.3) is 11.3 Å². The molecule has 2 aliphatic heterocycles. The first-order valence-electron chi connectivity index (χ1n) is 10.9. The first-order valence-corrected chi connectivity index (χ1v) is 10.9. The standard InChI is InChI=1S/C23H31N3O2/c27-18-7-5-17(6-8-18)25-11-9-16(10-12-25)23(28)13-21-19-3-1-2-4-20(19)22-14-24-15-26(21)22/h1-4,14-18,21,23,27-28H,5-13H2. The summed E-state index contributed by atoms with van der Waals surface area (Å²) in [6, 6.07) is 9.36. The van der Waals surface area contributed by atoms with Crippen molar-refractivity contribution >= 4 is 0 Å². The summed E-state index contributed by atoms with van der Waals surface area (Å²) < 4.78 is 2.23. The van der Waals surface area contributed by atoms with Gasteiger partial charge >= 0.3 is 0 Å².